The van der Waals surface area contributed by atoms with Gasteiger partial charge in [-0.2, -0.15) is 13.2 Å². The van der Waals surface area contributed by atoms with E-state index in [9.17, 15) is 23.1 Å². The zero-order chi connectivity index (χ0) is 23.8. The predicted octanol–water partition coefficient (Wildman–Crippen LogP) is 5.19. The topological polar surface area (TPSA) is 80.9 Å². The number of hydrogen-bond donors (Lipinski definition) is 1. The van der Waals surface area contributed by atoms with E-state index in [2.05, 4.69) is 9.97 Å². The molecule has 1 aliphatic rings. The van der Waals surface area contributed by atoms with Crippen molar-refractivity contribution in [1.82, 2.24) is 18.9 Å². The number of fused-ring (bicyclic) bond motifs is 1. The fourth-order valence-corrected chi connectivity index (χ4v) is 4.87. The number of halogens is 3. The number of hydrogen-bond acceptors (Lipinski definition) is 6. The maximum absolute atomic E-state index is 13.3. The van der Waals surface area contributed by atoms with E-state index in [-0.39, 0.29) is 23.8 Å². The molecule has 33 heavy (non-hydrogen) atoms. The van der Waals surface area contributed by atoms with Gasteiger partial charge in [0.15, 0.2) is 0 Å². The molecule has 3 aromatic heterocycles. The Labute approximate surface area is 193 Å². The van der Waals surface area contributed by atoms with Gasteiger partial charge in [0.1, 0.15) is 6.33 Å². The monoisotopic (exact) mass is 478 g/mol. The van der Waals surface area contributed by atoms with E-state index in [0.29, 0.717) is 22.3 Å². The van der Waals surface area contributed by atoms with Crippen LogP contribution in [-0.2, 0) is 6.18 Å². The summed E-state index contributed by atoms with van der Waals surface area (Å²) in [5.41, 5.74) is 0.672. The van der Waals surface area contributed by atoms with Gasteiger partial charge in [0.05, 0.1) is 44.9 Å². The highest BCUT2D eigenvalue weighted by Gasteiger charge is 2.31. The molecule has 0 spiro atoms. The molecule has 1 N–H and O–H groups in total. The van der Waals surface area contributed by atoms with Gasteiger partial charge in [0, 0.05) is 12.1 Å². The van der Waals surface area contributed by atoms with Gasteiger partial charge in [-0.1, -0.05) is 19.3 Å². The molecule has 4 rings (SSSR count). The SMILES string of the molecule is CC(C)(CO)Sn1cnc2c(C3CCCCC3)nc(-c3ccc(C(F)(F)F)cn3)cc2c1=O. The minimum absolute atomic E-state index is 0.125. The zero-order valence-electron chi connectivity index (χ0n) is 18.4. The summed E-state index contributed by atoms with van der Waals surface area (Å²) >= 11 is 1.17. The summed E-state index contributed by atoms with van der Waals surface area (Å²) in [6.07, 6.45) is 2.83. The lowest BCUT2D eigenvalue weighted by molar-refractivity contribution is -0.137. The highest BCUT2D eigenvalue weighted by atomic mass is 32.2. The van der Waals surface area contributed by atoms with Crippen LogP contribution in [0.25, 0.3) is 22.3 Å². The summed E-state index contributed by atoms with van der Waals surface area (Å²) in [6, 6.07) is 3.80. The van der Waals surface area contributed by atoms with Crippen molar-refractivity contribution in [2.24, 2.45) is 0 Å². The number of aromatic nitrogens is 4. The first-order valence-electron chi connectivity index (χ1n) is 10.9. The summed E-state index contributed by atoms with van der Waals surface area (Å²) in [5.74, 6) is 0.125. The molecule has 1 aliphatic carbocycles. The largest absolute Gasteiger partial charge is 0.417 e. The van der Waals surface area contributed by atoms with E-state index in [4.69, 9.17) is 4.98 Å². The summed E-state index contributed by atoms with van der Waals surface area (Å²) in [7, 11) is 0. The lowest BCUT2D eigenvalue weighted by Gasteiger charge is -2.24. The Morgan fingerprint density at radius 2 is 1.85 bits per heavy atom. The molecule has 0 aliphatic heterocycles. The van der Waals surface area contributed by atoms with Gasteiger partial charge in [-0.25, -0.2) is 13.9 Å². The van der Waals surface area contributed by atoms with Gasteiger partial charge < -0.3 is 5.11 Å². The smallest absolute Gasteiger partial charge is 0.395 e. The minimum Gasteiger partial charge on any atom is -0.395 e. The molecule has 176 valence electrons. The zero-order valence-corrected chi connectivity index (χ0v) is 19.2. The first-order chi connectivity index (χ1) is 15.6. The third-order valence-corrected chi connectivity index (χ3v) is 6.89. The van der Waals surface area contributed by atoms with Crippen molar-refractivity contribution in [1.29, 1.82) is 0 Å². The van der Waals surface area contributed by atoms with Gasteiger partial charge >= 0.3 is 6.18 Å². The van der Waals surface area contributed by atoms with E-state index in [1.54, 1.807) is 6.07 Å². The Bertz CT molecular complexity index is 1200. The van der Waals surface area contributed by atoms with E-state index in [1.807, 2.05) is 13.8 Å². The lowest BCUT2D eigenvalue weighted by atomic mass is 9.86. The molecule has 3 heterocycles. The summed E-state index contributed by atoms with van der Waals surface area (Å²) in [6.45, 7) is 3.49. The van der Waals surface area contributed by atoms with Crippen LogP contribution >= 0.6 is 11.9 Å². The fraction of sp³-hybridized carbons (Fsp3) is 0.478. The average Bonchev–Trinajstić information content (AvgIpc) is 2.80. The third kappa shape index (κ3) is 5.06. The van der Waals surface area contributed by atoms with E-state index in [1.165, 1.54) is 28.3 Å². The standard InChI is InChI=1S/C23H25F3N4O2S/c1-22(2,12-31)33-30-13-28-20-16(21(30)32)10-18(29-19(20)14-6-4-3-5-7-14)17-9-8-15(11-27-17)23(24,25)26/h8-11,13-14,31H,3-7,12H2,1-2H3. The van der Waals surface area contributed by atoms with Crippen LogP contribution in [0.15, 0.2) is 35.5 Å². The number of pyridine rings is 2. The first kappa shape index (κ1) is 23.7. The molecular formula is C23H25F3N4O2S. The first-order valence-corrected chi connectivity index (χ1v) is 11.6. The molecule has 0 saturated heterocycles. The number of aliphatic hydroxyl groups is 1. The minimum atomic E-state index is -4.48. The van der Waals surface area contributed by atoms with Crippen molar-refractivity contribution in [3.63, 3.8) is 0 Å². The Kier molecular flexibility index (Phi) is 6.50. The maximum Gasteiger partial charge on any atom is 0.417 e. The third-order valence-electron chi connectivity index (χ3n) is 5.81. The number of alkyl halides is 3. The van der Waals surface area contributed by atoms with Crippen molar-refractivity contribution in [2.75, 3.05) is 6.61 Å². The molecule has 1 saturated carbocycles. The molecule has 1 fully saturated rings. The molecule has 0 aromatic carbocycles. The molecule has 10 heteroatoms. The predicted molar refractivity (Wildman–Crippen MR) is 122 cm³/mol. The van der Waals surface area contributed by atoms with Gasteiger partial charge in [-0.3, -0.25) is 9.78 Å². The normalized spacial score (nSPS) is 15.8. The number of rotatable bonds is 5. The molecule has 3 aromatic rings. The second kappa shape index (κ2) is 9.06. The van der Waals surface area contributed by atoms with Crippen LogP contribution in [0.5, 0.6) is 0 Å². The fourth-order valence-electron chi connectivity index (χ4n) is 4.00. The van der Waals surface area contributed by atoms with Crippen molar-refractivity contribution in [3.05, 3.63) is 52.3 Å². The lowest BCUT2D eigenvalue weighted by Crippen LogP contribution is -2.27. The Morgan fingerprint density at radius 1 is 1.12 bits per heavy atom. The van der Waals surface area contributed by atoms with Crippen LogP contribution in [0.1, 0.15) is 63.1 Å². The molecular weight excluding hydrogens is 453 g/mol. The highest BCUT2D eigenvalue weighted by molar-refractivity contribution is 7.99. The molecule has 0 radical (unpaired) electrons. The number of nitrogens with zero attached hydrogens (tertiary/aromatic N) is 4. The Balaban J connectivity index is 1.87. The molecule has 0 bridgehead atoms. The number of aliphatic hydroxyl groups excluding tert-OH is 1. The van der Waals surface area contributed by atoms with Crippen LogP contribution in [0.2, 0.25) is 0 Å². The van der Waals surface area contributed by atoms with Crippen LogP contribution in [0.4, 0.5) is 13.2 Å². The van der Waals surface area contributed by atoms with Crippen molar-refractivity contribution >= 4 is 22.9 Å². The van der Waals surface area contributed by atoms with Gasteiger partial charge in [-0.15, -0.1) is 0 Å². The average molecular weight is 479 g/mol. The summed E-state index contributed by atoms with van der Waals surface area (Å²) < 4.78 is 39.7. The van der Waals surface area contributed by atoms with Gasteiger partial charge in [-0.05, 0) is 56.8 Å². The molecule has 0 unspecified atom stereocenters. The molecule has 0 amide bonds. The summed E-state index contributed by atoms with van der Waals surface area (Å²) in [5, 5.41) is 9.93. The van der Waals surface area contributed by atoms with E-state index >= 15 is 0 Å². The van der Waals surface area contributed by atoms with E-state index in [0.717, 1.165) is 44.4 Å². The summed E-state index contributed by atoms with van der Waals surface area (Å²) in [4.78, 5) is 26.6. The van der Waals surface area contributed by atoms with E-state index < -0.39 is 16.5 Å². The van der Waals surface area contributed by atoms with Gasteiger partial charge in [0.25, 0.3) is 5.56 Å². The van der Waals surface area contributed by atoms with Gasteiger partial charge in [0.2, 0.25) is 0 Å². The quantitative estimate of drug-likeness (QED) is 0.544. The molecule has 6 nitrogen and oxygen atoms in total. The second-order valence-corrected chi connectivity index (χ2v) is 10.6. The van der Waals surface area contributed by atoms with Crippen LogP contribution in [0.3, 0.4) is 0 Å². The van der Waals surface area contributed by atoms with Crippen molar-refractivity contribution in [3.8, 4) is 11.4 Å². The van der Waals surface area contributed by atoms with Crippen molar-refractivity contribution in [2.45, 2.75) is 62.8 Å². The van der Waals surface area contributed by atoms with Crippen LogP contribution < -0.4 is 5.56 Å². The Morgan fingerprint density at radius 3 is 2.45 bits per heavy atom. The highest BCUT2D eigenvalue weighted by Crippen LogP contribution is 2.36. The second-order valence-electron chi connectivity index (χ2n) is 8.94. The maximum atomic E-state index is 13.3. The molecule has 0 atom stereocenters. The van der Waals surface area contributed by atoms with Crippen molar-refractivity contribution < 1.29 is 18.3 Å². The Hall–Kier alpha value is -2.46. The van der Waals surface area contributed by atoms with Crippen LogP contribution in [0, 0.1) is 0 Å². The van der Waals surface area contributed by atoms with Crippen LogP contribution in [-0.4, -0.2) is 35.4 Å².